The van der Waals surface area contributed by atoms with Gasteiger partial charge in [-0.15, -0.1) is 0 Å². The molecule has 188 valence electrons. The minimum absolute atomic E-state index is 0.206. The number of pyridine rings is 1. The van der Waals surface area contributed by atoms with Gasteiger partial charge in [-0.3, -0.25) is 4.98 Å². The lowest BCUT2D eigenvalue weighted by atomic mass is 9.76. The predicted molar refractivity (Wildman–Crippen MR) is 135 cm³/mol. The molecule has 1 fully saturated rings. The topological polar surface area (TPSA) is 81.6 Å². The number of hydrogen-bond donors (Lipinski definition) is 1. The third-order valence-corrected chi connectivity index (χ3v) is 7.42. The maximum atomic E-state index is 15.1. The van der Waals surface area contributed by atoms with Gasteiger partial charge in [-0.25, -0.2) is 18.3 Å². The van der Waals surface area contributed by atoms with Crippen LogP contribution < -0.4 is 15.4 Å². The Labute approximate surface area is 208 Å². The number of hydrogen-bond acceptors (Lipinski definition) is 6. The number of aryl methyl sites for hydroxylation is 1. The number of piperidine rings is 1. The molecule has 7 nitrogen and oxygen atoms in total. The van der Waals surface area contributed by atoms with Crippen molar-refractivity contribution >= 4 is 11.3 Å². The second kappa shape index (κ2) is 9.46. The van der Waals surface area contributed by atoms with E-state index >= 15 is 4.39 Å². The van der Waals surface area contributed by atoms with E-state index < -0.39 is 17.4 Å². The molecule has 1 spiro atoms. The lowest BCUT2D eigenvalue weighted by molar-refractivity contribution is 0.231. The number of ether oxygens (including phenoxy) is 1. The zero-order chi connectivity index (χ0) is 25.4. The molecule has 4 aromatic rings. The molecule has 0 atom stereocenters. The van der Waals surface area contributed by atoms with E-state index in [1.165, 1.54) is 37.5 Å². The SMILES string of the molecule is CN.COc1c(F)ccc(-c2c(C)nc(N3CCC4(CC3)Cc3cccnc3C4)c3ccnn23)c1F. The number of fused-ring (bicyclic) bond motifs is 2. The maximum Gasteiger partial charge on any atom is 0.191 e. The molecule has 2 N–H and O–H groups in total. The number of nitrogens with two attached hydrogens (primary N) is 1. The largest absolute Gasteiger partial charge is 0.491 e. The van der Waals surface area contributed by atoms with Crippen LogP contribution in [0.1, 0.15) is 29.8 Å². The Balaban J connectivity index is 0.00000130. The van der Waals surface area contributed by atoms with Crippen molar-refractivity contribution in [2.75, 3.05) is 32.1 Å². The second-order valence-corrected chi connectivity index (χ2v) is 9.39. The first kappa shape index (κ1) is 24.1. The Morgan fingerprint density at radius 3 is 2.53 bits per heavy atom. The molecule has 36 heavy (non-hydrogen) atoms. The van der Waals surface area contributed by atoms with Gasteiger partial charge in [-0.1, -0.05) is 6.07 Å². The normalized spacial score (nSPS) is 16.1. The standard InChI is InChI=1S/C26H25F2N5O.CH5N/c1-16-23(18-5-6-19(27)24(34-2)22(18)28)33-21(7-11-30-33)25(31-16)32-12-8-26(9-13-32)14-17-4-3-10-29-20(17)15-26;1-2/h3-7,10-11H,8-9,12-15H2,1-2H3;2H2,1H3. The molecule has 0 saturated carbocycles. The average Bonchev–Trinajstić information content (AvgIpc) is 3.51. The fourth-order valence-electron chi connectivity index (χ4n) is 5.68. The van der Waals surface area contributed by atoms with Crippen molar-refractivity contribution in [3.63, 3.8) is 0 Å². The first-order valence-electron chi connectivity index (χ1n) is 12.1. The van der Waals surface area contributed by atoms with Crippen LogP contribution in [-0.4, -0.2) is 46.8 Å². The van der Waals surface area contributed by atoms with Crippen LogP contribution in [0.3, 0.4) is 0 Å². The third kappa shape index (κ3) is 3.87. The number of benzene rings is 1. The summed E-state index contributed by atoms with van der Waals surface area (Å²) >= 11 is 0. The van der Waals surface area contributed by atoms with Gasteiger partial charge in [-0.2, -0.15) is 5.10 Å². The Hall–Kier alpha value is -3.59. The van der Waals surface area contributed by atoms with Gasteiger partial charge in [0.25, 0.3) is 0 Å². The van der Waals surface area contributed by atoms with Gasteiger partial charge in [0.15, 0.2) is 23.2 Å². The first-order valence-corrected chi connectivity index (χ1v) is 12.1. The van der Waals surface area contributed by atoms with Crippen LogP contribution in [0.2, 0.25) is 0 Å². The van der Waals surface area contributed by atoms with Crippen molar-refractivity contribution in [1.82, 2.24) is 19.6 Å². The molecule has 1 aromatic carbocycles. The van der Waals surface area contributed by atoms with Crippen molar-refractivity contribution < 1.29 is 13.5 Å². The summed E-state index contributed by atoms with van der Waals surface area (Å²) in [5.41, 5.74) is 9.51. The van der Waals surface area contributed by atoms with Crippen LogP contribution in [0.25, 0.3) is 16.8 Å². The molecular weight excluding hydrogens is 462 g/mol. The highest BCUT2D eigenvalue weighted by Crippen LogP contribution is 2.45. The highest BCUT2D eigenvalue weighted by atomic mass is 19.1. The maximum absolute atomic E-state index is 15.1. The summed E-state index contributed by atoms with van der Waals surface area (Å²) in [4.78, 5) is 11.8. The van der Waals surface area contributed by atoms with Crippen molar-refractivity contribution in [2.24, 2.45) is 11.1 Å². The minimum atomic E-state index is -0.758. The van der Waals surface area contributed by atoms with E-state index in [0.29, 0.717) is 11.4 Å². The summed E-state index contributed by atoms with van der Waals surface area (Å²) in [5.74, 6) is -1.06. The van der Waals surface area contributed by atoms with Crippen LogP contribution in [-0.2, 0) is 12.8 Å². The molecule has 0 bridgehead atoms. The molecule has 9 heteroatoms. The van der Waals surface area contributed by atoms with E-state index in [1.54, 1.807) is 10.7 Å². The van der Waals surface area contributed by atoms with E-state index in [1.807, 2.05) is 25.3 Å². The molecule has 4 heterocycles. The smallest absolute Gasteiger partial charge is 0.191 e. The predicted octanol–water partition coefficient (Wildman–Crippen LogP) is 4.35. The van der Waals surface area contributed by atoms with E-state index in [9.17, 15) is 4.39 Å². The zero-order valence-corrected chi connectivity index (χ0v) is 20.8. The highest BCUT2D eigenvalue weighted by Gasteiger charge is 2.41. The Bertz CT molecular complexity index is 1380. The molecule has 0 unspecified atom stereocenters. The van der Waals surface area contributed by atoms with Gasteiger partial charge in [-0.05, 0) is 74.9 Å². The lowest BCUT2D eigenvalue weighted by Gasteiger charge is -2.40. The first-order chi connectivity index (χ1) is 17.5. The van der Waals surface area contributed by atoms with E-state index in [0.717, 1.165) is 50.1 Å². The molecule has 1 aliphatic heterocycles. The van der Waals surface area contributed by atoms with Gasteiger partial charge >= 0.3 is 0 Å². The van der Waals surface area contributed by atoms with Crippen LogP contribution in [0, 0.1) is 24.0 Å². The van der Waals surface area contributed by atoms with Crippen LogP contribution in [0.15, 0.2) is 42.7 Å². The Morgan fingerprint density at radius 2 is 1.81 bits per heavy atom. The summed E-state index contributed by atoms with van der Waals surface area (Å²) in [6.45, 7) is 3.61. The van der Waals surface area contributed by atoms with Crippen molar-refractivity contribution in [1.29, 1.82) is 0 Å². The number of aromatic nitrogens is 4. The Kier molecular flexibility index (Phi) is 6.34. The van der Waals surface area contributed by atoms with Gasteiger partial charge < -0.3 is 15.4 Å². The number of halogens is 2. The van der Waals surface area contributed by atoms with E-state index in [4.69, 9.17) is 9.72 Å². The molecule has 0 amide bonds. The van der Waals surface area contributed by atoms with E-state index in [2.05, 4.69) is 26.8 Å². The number of nitrogens with zero attached hydrogens (tertiary/aromatic N) is 5. The van der Waals surface area contributed by atoms with Crippen molar-refractivity contribution in [3.05, 3.63) is 71.3 Å². The summed E-state index contributed by atoms with van der Waals surface area (Å²) in [7, 11) is 2.75. The lowest BCUT2D eigenvalue weighted by Crippen LogP contribution is -2.41. The molecular formula is C27H30F2N6O. The van der Waals surface area contributed by atoms with Gasteiger partial charge in [0, 0.05) is 30.5 Å². The fraction of sp³-hybridized carbons (Fsp3) is 0.370. The Morgan fingerprint density at radius 1 is 1.03 bits per heavy atom. The average molecular weight is 493 g/mol. The minimum Gasteiger partial charge on any atom is -0.491 e. The molecule has 1 saturated heterocycles. The van der Waals surface area contributed by atoms with Gasteiger partial charge in [0.05, 0.1) is 24.7 Å². The van der Waals surface area contributed by atoms with Gasteiger partial charge in [0.1, 0.15) is 5.52 Å². The number of rotatable bonds is 3. The monoisotopic (exact) mass is 492 g/mol. The molecule has 6 rings (SSSR count). The van der Waals surface area contributed by atoms with E-state index in [-0.39, 0.29) is 11.0 Å². The summed E-state index contributed by atoms with van der Waals surface area (Å²) in [6.07, 6.45) is 7.83. The quantitative estimate of drug-likeness (QED) is 0.458. The zero-order valence-electron chi connectivity index (χ0n) is 20.8. The molecule has 0 radical (unpaired) electrons. The van der Waals surface area contributed by atoms with Crippen LogP contribution in [0.5, 0.6) is 5.75 Å². The number of methoxy groups -OCH3 is 1. The van der Waals surface area contributed by atoms with Crippen molar-refractivity contribution in [2.45, 2.75) is 32.6 Å². The fourth-order valence-corrected chi connectivity index (χ4v) is 5.68. The summed E-state index contributed by atoms with van der Waals surface area (Å²) in [6, 6.07) is 8.74. The number of anilines is 1. The second-order valence-electron chi connectivity index (χ2n) is 9.39. The third-order valence-electron chi connectivity index (χ3n) is 7.42. The summed E-state index contributed by atoms with van der Waals surface area (Å²) < 4.78 is 35.8. The van der Waals surface area contributed by atoms with Gasteiger partial charge in [0.2, 0.25) is 0 Å². The molecule has 2 aliphatic rings. The molecule has 3 aromatic heterocycles. The molecule has 1 aliphatic carbocycles. The summed E-state index contributed by atoms with van der Waals surface area (Å²) in [5, 5.41) is 4.47. The van der Waals surface area contributed by atoms with Crippen LogP contribution in [0.4, 0.5) is 14.6 Å². The van der Waals surface area contributed by atoms with Crippen molar-refractivity contribution in [3.8, 4) is 17.0 Å². The highest BCUT2D eigenvalue weighted by molar-refractivity contribution is 5.76. The van der Waals surface area contributed by atoms with Crippen LogP contribution >= 0.6 is 0 Å².